The van der Waals surface area contributed by atoms with Crippen molar-refractivity contribution in [3.05, 3.63) is 0 Å². The van der Waals surface area contributed by atoms with Crippen molar-refractivity contribution in [1.29, 1.82) is 0 Å². The van der Waals surface area contributed by atoms with Crippen molar-refractivity contribution in [2.24, 2.45) is 5.92 Å². The number of carbonyl (C=O) groups excluding carboxylic acids is 1. The van der Waals surface area contributed by atoms with Crippen LogP contribution in [0.1, 0.15) is 38.5 Å². The summed E-state index contributed by atoms with van der Waals surface area (Å²) in [4.78, 5) is 11.2. The monoisotopic (exact) mass is 236 g/mol. The van der Waals surface area contributed by atoms with Crippen LogP contribution >= 0.6 is 0 Å². The Hall–Kier alpha value is -0.580. The molecule has 0 N–H and O–H groups in total. The number of alkyl halides is 3. The van der Waals surface area contributed by atoms with Crippen LogP contribution in [0.2, 0.25) is 0 Å². The summed E-state index contributed by atoms with van der Waals surface area (Å²) in [5, 5.41) is 0. The first-order valence-electron chi connectivity index (χ1n) is 5.68. The minimum absolute atomic E-state index is 0.208. The molecular formula is C11H15F3O2. The fraction of sp³-hybridized carbons (Fsp3) is 0.909. The highest BCUT2D eigenvalue weighted by Gasteiger charge is 2.49. The lowest BCUT2D eigenvalue weighted by Crippen LogP contribution is -2.43. The van der Waals surface area contributed by atoms with Crippen molar-refractivity contribution >= 4 is 5.78 Å². The average Bonchev–Trinajstić information content (AvgIpc) is 2.64. The topological polar surface area (TPSA) is 26.3 Å². The van der Waals surface area contributed by atoms with Crippen LogP contribution in [-0.4, -0.2) is 24.2 Å². The van der Waals surface area contributed by atoms with Crippen LogP contribution in [0.4, 0.5) is 13.2 Å². The Labute approximate surface area is 92.1 Å². The molecule has 0 aromatic carbocycles. The van der Waals surface area contributed by atoms with Gasteiger partial charge >= 0.3 is 6.18 Å². The normalized spacial score (nSPS) is 29.6. The van der Waals surface area contributed by atoms with E-state index < -0.39 is 23.5 Å². The number of hydrogen-bond acceptors (Lipinski definition) is 2. The Morgan fingerprint density at radius 3 is 2.44 bits per heavy atom. The minimum Gasteiger partial charge on any atom is -0.375 e. The Bertz CT molecular complexity index is 279. The molecule has 1 aliphatic heterocycles. The van der Waals surface area contributed by atoms with Gasteiger partial charge in [-0.05, 0) is 25.7 Å². The Morgan fingerprint density at radius 1 is 1.25 bits per heavy atom. The van der Waals surface area contributed by atoms with E-state index in [0.29, 0.717) is 0 Å². The van der Waals surface area contributed by atoms with Crippen LogP contribution < -0.4 is 0 Å². The fourth-order valence-corrected chi connectivity index (χ4v) is 2.85. The summed E-state index contributed by atoms with van der Waals surface area (Å²) >= 11 is 0. The standard InChI is InChI=1S/C11H15F3O2/c12-11(13,14)9(15)8-3-6-16-10(7-8)4-1-2-5-10/h8H,1-7H2. The third-order valence-corrected chi connectivity index (χ3v) is 3.66. The van der Waals surface area contributed by atoms with Gasteiger partial charge in [-0.2, -0.15) is 13.2 Å². The van der Waals surface area contributed by atoms with Crippen molar-refractivity contribution in [1.82, 2.24) is 0 Å². The lowest BCUT2D eigenvalue weighted by molar-refractivity contribution is -0.183. The third kappa shape index (κ3) is 2.24. The first kappa shape index (κ1) is 11.9. The first-order valence-corrected chi connectivity index (χ1v) is 5.68. The van der Waals surface area contributed by atoms with E-state index in [9.17, 15) is 18.0 Å². The van der Waals surface area contributed by atoms with Gasteiger partial charge in [0.1, 0.15) is 0 Å². The highest BCUT2D eigenvalue weighted by molar-refractivity contribution is 5.86. The third-order valence-electron chi connectivity index (χ3n) is 3.66. The summed E-state index contributed by atoms with van der Waals surface area (Å²) in [5.74, 6) is -2.45. The second kappa shape index (κ2) is 4.02. The van der Waals surface area contributed by atoms with Gasteiger partial charge in [-0.1, -0.05) is 12.8 Å². The zero-order valence-corrected chi connectivity index (χ0v) is 8.98. The van der Waals surface area contributed by atoms with E-state index in [1.807, 2.05) is 0 Å². The molecule has 0 amide bonds. The average molecular weight is 236 g/mol. The summed E-state index contributed by atoms with van der Waals surface area (Å²) < 4.78 is 42.6. The van der Waals surface area contributed by atoms with Crippen LogP contribution in [0.5, 0.6) is 0 Å². The van der Waals surface area contributed by atoms with Gasteiger partial charge in [0, 0.05) is 12.5 Å². The highest BCUT2D eigenvalue weighted by Crippen LogP contribution is 2.43. The quantitative estimate of drug-likeness (QED) is 0.699. The smallest absolute Gasteiger partial charge is 0.375 e. The fourth-order valence-electron chi connectivity index (χ4n) is 2.85. The van der Waals surface area contributed by atoms with Crippen LogP contribution in [0.25, 0.3) is 0 Å². The minimum atomic E-state index is -4.69. The van der Waals surface area contributed by atoms with Gasteiger partial charge < -0.3 is 4.74 Å². The molecule has 92 valence electrons. The predicted octanol–water partition coefficient (Wildman–Crippen LogP) is 2.86. The van der Waals surface area contributed by atoms with Gasteiger partial charge in [-0.3, -0.25) is 4.79 Å². The molecule has 0 aromatic rings. The van der Waals surface area contributed by atoms with Crippen LogP contribution in [0.3, 0.4) is 0 Å². The van der Waals surface area contributed by atoms with Crippen molar-refractivity contribution < 1.29 is 22.7 Å². The van der Waals surface area contributed by atoms with Crippen LogP contribution in [-0.2, 0) is 9.53 Å². The number of ketones is 1. The summed E-state index contributed by atoms with van der Waals surface area (Å²) in [6.45, 7) is 0.284. The lowest BCUT2D eigenvalue weighted by atomic mass is 9.82. The number of hydrogen-bond donors (Lipinski definition) is 0. The van der Waals surface area contributed by atoms with Gasteiger partial charge in [0.25, 0.3) is 0 Å². The molecule has 1 atom stereocenters. The van der Waals surface area contributed by atoms with Crippen LogP contribution in [0, 0.1) is 5.92 Å². The maximum Gasteiger partial charge on any atom is 0.450 e. The zero-order chi connectivity index (χ0) is 11.8. The molecular weight excluding hydrogens is 221 g/mol. The second-order valence-corrected chi connectivity index (χ2v) is 4.79. The predicted molar refractivity (Wildman–Crippen MR) is 50.9 cm³/mol. The lowest BCUT2D eigenvalue weighted by Gasteiger charge is -2.37. The molecule has 1 saturated carbocycles. The zero-order valence-electron chi connectivity index (χ0n) is 8.98. The maximum absolute atomic E-state index is 12.3. The molecule has 2 aliphatic rings. The van der Waals surface area contributed by atoms with Gasteiger partial charge in [-0.25, -0.2) is 0 Å². The van der Waals surface area contributed by atoms with Crippen LogP contribution in [0.15, 0.2) is 0 Å². The highest BCUT2D eigenvalue weighted by atomic mass is 19.4. The van der Waals surface area contributed by atoms with Gasteiger partial charge in [0.15, 0.2) is 0 Å². The molecule has 1 unspecified atom stereocenters. The number of Topliss-reactive ketones (excluding diaryl/α,β-unsaturated/α-hetero) is 1. The SMILES string of the molecule is O=C(C1CCOC2(CCCC2)C1)C(F)(F)F. The van der Waals surface area contributed by atoms with Crippen molar-refractivity contribution in [3.63, 3.8) is 0 Å². The van der Waals surface area contributed by atoms with E-state index in [4.69, 9.17) is 4.74 Å². The summed E-state index contributed by atoms with van der Waals surface area (Å²) in [6, 6.07) is 0. The molecule has 0 radical (unpaired) electrons. The summed E-state index contributed by atoms with van der Waals surface area (Å²) in [6.07, 6.45) is -0.642. The number of rotatable bonds is 1. The molecule has 2 rings (SSSR count). The molecule has 2 nitrogen and oxygen atoms in total. The molecule has 1 saturated heterocycles. The van der Waals surface area contributed by atoms with E-state index in [2.05, 4.69) is 0 Å². The van der Waals surface area contributed by atoms with Crippen molar-refractivity contribution in [2.75, 3.05) is 6.61 Å². The molecule has 1 aliphatic carbocycles. The number of ether oxygens (including phenoxy) is 1. The molecule has 0 bridgehead atoms. The molecule has 0 aromatic heterocycles. The van der Waals surface area contributed by atoms with E-state index in [1.54, 1.807) is 0 Å². The van der Waals surface area contributed by atoms with Crippen molar-refractivity contribution in [2.45, 2.75) is 50.3 Å². The number of carbonyl (C=O) groups is 1. The second-order valence-electron chi connectivity index (χ2n) is 4.79. The van der Waals surface area contributed by atoms with E-state index in [0.717, 1.165) is 25.7 Å². The van der Waals surface area contributed by atoms with Gasteiger partial charge in [-0.15, -0.1) is 0 Å². The first-order chi connectivity index (χ1) is 7.43. The largest absolute Gasteiger partial charge is 0.450 e. The van der Waals surface area contributed by atoms with Gasteiger partial charge in [0.2, 0.25) is 5.78 Å². The van der Waals surface area contributed by atoms with E-state index >= 15 is 0 Å². The Balaban J connectivity index is 2.04. The summed E-state index contributed by atoms with van der Waals surface area (Å²) in [5.41, 5.74) is -0.427. The van der Waals surface area contributed by atoms with E-state index in [1.165, 1.54) is 0 Å². The van der Waals surface area contributed by atoms with Gasteiger partial charge in [0.05, 0.1) is 5.60 Å². The molecule has 1 spiro atoms. The Kier molecular flexibility index (Phi) is 2.99. The maximum atomic E-state index is 12.3. The molecule has 16 heavy (non-hydrogen) atoms. The molecule has 1 heterocycles. The Morgan fingerprint density at radius 2 is 1.88 bits per heavy atom. The molecule has 2 fully saturated rings. The number of halogens is 3. The van der Waals surface area contributed by atoms with Crippen molar-refractivity contribution in [3.8, 4) is 0 Å². The van der Waals surface area contributed by atoms with E-state index in [-0.39, 0.29) is 19.4 Å². The molecule has 5 heteroatoms. The summed E-state index contributed by atoms with van der Waals surface area (Å²) in [7, 11) is 0.